The molecule has 0 spiro atoms. The van der Waals surface area contributed by atoms with Crippen molar-refractivity contribution in [2.24, 2.45) is 22.7 Å². The molecule has 2 saturated heterocycles. The van der Waals surface area contributed by atoms with Crippen molar-refractivity contribution in [1.29, 1.82) is 0 Å². The minimum Gasteiger partial charge on any atom is -0.494 e. The highest BCUT2D eigenvalue weighted by molar-refractivity contribution is 7.89. The number of ether oxygens (including phenoxy) is 3. The SMILES string of the molecule is CCC(C)CN=Cc1c(O)[nH]c2ccc(S(=O)(=O)N(CC(C)C)C(Cc3ccccc3)C(O)CNC(=O)OC3COC4OCCC34)cc12. The Balaban J connectivity index is 1.42. The van der Waals surface area contributed by atoms with Gasteiger partial charge in [-0.2, -0.15) is 4.31 Å². The van der Waals surface area contributed by atoms with Gasteiger partial charge >= 0.3 is 6.09 Å². The number of nitrogens with zero attached hydrogens (tertiary/aromatic N) is 2. The van der Waals surface area contributed by atoms with Crippen LogP contribution in [0.4, 0.5) is 4.79 Å². The second-order valence-electron chi connectivity index (χ2n) is 13.2. The topological polar surface area (TPSA) is 163 Å². The third kappa shape index (κ3) is 8.38. The van der Waals surface area contributed by atoms with E-state index in [-0.39, 0.29) is 55.0 Å². The molecule has 2 fully saturated rings. The van der Waals surface area contributed by atoms with Crippen molar-refractivity contribution in [3.05, 3.63) is 59.7 Å². The Labute approximate surface area is 282 Å². The number of aliphatic imine (C=N–C) groups is 1. The molecule has 0 radical (unpaired) electrons. The van der Waals surface area contributed by atoms with E-state index >= 15 is 0 Å². The molecule has 12 nitrogen and oxygen atoms in total. The van der Waals surface area contributed by atoms with Gasteiger partial charge in [0.05, 0.1) is 41.7 Å². The number of aromatic hydroxyl groups is 1. The minimum atomic E-state index is -4.21. The van der Waals surface area contributed by atoms with Gasteiger partial charge in [-0.15, -0.1) is 0 Å². The quantitative estimate of drug-likeness (QED) is 0.171. The lowest BCUT2D eigenvalue weighted by Gasteiger charge is -2.35. The molecule has 0 saturated carbocycles. The summed E-state index contributed by atoms with van der Waals surface area (Å²) in [5.74, 6) is 0.144. The van der Waals surface area contributed by atoms with Gasteiger partial charge in [0.2, 0.25) is 10.0 Å². The van der Waals surface area contributed by atoms with Crippen LogP contribution in [-0.2, 0) is 30.7 Å². The van der Waals surface area contributed by atoms with E-state index in [0.717, 1.165) is 18.4 Å². The van der Waals surface area contributed by atoms with E-state index in [9.17, 15) is 23.4 Å². The number of rotatable bonds is 15. The highest BCUT2D eigenvalue weighted by atomic mass is 32.2. The van der Waals surface area contributed by atoms with Gasteiger partial charge in [0, 0.05) is 36.8 Å². The van der Waals surface area contributed by atoms with Crippen LogP contribution in [0, 0.1) is 17.8 Å². The lowest BCUT2D eigenvalue weighted by Crippen LogP contribution is -2.53. The predicted octanol–water partition coefficient (Wildman–Crippen LogP) is 4.45. The van der Waals surface area contributed by atoms with E-state index in [1.54, 1.807) is 12.3 Å². The zero-order valence-corrected chi connectivity index (χ0v) is 28.9. The number of H-pyrrole nitrogens is 1. The number of aliphatic hydroxyl groups is 1. The van der Waals surface area contributed by atoms with Crippen LogP contribution in [0.25, 0.3) is 10.9 Å². The Morgan fingerprint density at radius 3 is 2.69 bits per heavy atom. The molecule has 2 aromatic carbocycles. The van der Waals surface area contributed by atoms with Crippen LogP contribution in [-0.4, -0.2) is 97.6 Å². The highest BCUT2D eigenvalue weighted by Crippen LogP contribution is 2.33. The van der Waals surface area contributed by atoms with Gasteiger partial charge in [-0.3, -0.25) is 4.99 Å². The number of benzene rings is 2. The second-order valence-corrected chi connectivity index (χ2v) is 15.1. The maximum atomic E-state index is 14.6. The van der Waals surface area contributed by atoms with Crippen molar-refractivity contribution in [2.75, 3.05) is 32.8 Å². The Kier molecular flexibility index (Phi) is 11.8. The van der Waals surface area contributed by atoms with Gasteiger partial charge in [-0.25, -0.2) is 13.2 Å². The molecule has 2 aliphatic rings. The summed E-state index contributed by atoms with van der Waals surface area (Å²) in [6, 6.07) is 13.0. The molecule has 262 valence electrons. The molecule has 3 aromatic rings. The van der Waals surface area contributed by atoms with E-state index in [4.69, 9.17) is 14.2 Å². The summed E-state index contributed by atoms with van der Waals surface area (Å²) in [5, 5.41) is 25.4. The number of sulfonamides is 1. The number of fused-ring (bicyclic) bond motifs is 2. The van der Waals surface area contributed by atoms with Crippen molar-refractivity contribution < 1.29 is 37.6 Å². The van der Waals surface area contributed by atoms with Gasteiger partial charge < -0.3 is 34.7 Å². The van der Waals surface area contributed by atoms with E-state index in [1.165, 1.54) is 16.4 Å². The molecule has 13 heteroatoms. The van der Waals surface area contributed by atoms with Crippen molar-refractivity contribution >= 4 is 33.2 Å². The summed E-state index contributed by atoms with van der Waals surface area (Å²) in [7, 11) is -4.21. The van der Waals surface area contributed by atoms with Crippen LogP contribution in [0.15, 0.2) is 58.4 Å². The number of amides is 1. The highest BCUT2D eigenvalue weighted by Gasteiger charge is 2.44. The van der Waals surface area contributed by atoms with Crippen LogP contribution in [0.3, 0.4) is 0 Å². The fraction of sp³-hybridized carbons (Fsp3) is 0.543. The standard InChI is InChI=1S/C35H48N4O8S/c1-5-23(4)17-36-18-28-27-16-25(11-12-29(27)38-33(28)41)48(43,44)39(20-22(2)3)30(15-24-9-7-6-8-10-24)31(40)19-37-35(42)47-32-21-46-34-26(32)13-14-45-34/h6-12,16,18,22-23,26,30-32,34,38,40-41H,5,13-15,17,19-21H2,1-4H3,(H,37,42). The Morgan fingerprint density at radius 1 is 1.19 bits per heavy atom. The summed E-state index contributed by atoms with van der Waals surface area (Å²) in [5.41, 5.74) is 1.81. The Hall–Kier alpha value is -3.49. The number of hydrogen-bond donors (Lipinski definition) is 4. The summed E-state index contributed by atoms with van der Waals surface area (Å²) in [6.45, 7) is 9.22. The largest absolute Gasteiger partial charge is 0.494 e. The first-order chi connectivity index (χ1) is 23.0. The molecule has 1 aromatic heterocycles. The molecule has 2 aliphatic heterocycles. The molecular formula is C35H48N4O8S. The Bertz CT molecular complexity index is 1660. The van der Waals surface area contributed by atoms with Crippen LogP contribution >= 0.6 is 0 Å². The zero-order chi connectivity index (χ0) is 34.4. The molecule has 3 heterocycles. The van der Waals surface area contributed by atoms with Gasteiger partial charge in [0.25, 0.3) is 0 Å². The number of carbonyl (C=O) groups excluding carboxylic acids is 1. The monoisotopic (exact) mass is 684 g/mol. The predicted molar refractivity (Wildman–Crippen MR) is 183 cm³/mol. The molecule has 5 rings (SSSR count). The normalized spacial score (nSPS) is 21.6. The maximum Gasteiger partial charge on any atom is 0.407 e. The van der Waals surface area contributed by atoms with Gasteiger partial charge in [-0.05, 0) is 48.4 Å². The molecular weight excluding hydrogens is 636 g/mol. The van der Waals surface area contributed by atoms with E-state index in [2.05, 4.69) is 29.1 Å². The molecule has 4 N–H and O–H groups in total. The molecule has 0 bridgehead atoms. The van der Waals surface area contributed by atoms with Gasteiger partial charge in [0.1, 0.15) is 6.10 Å². The van der Waals surface area contributed by atoms with E-state index in [0.29, 0.717) is 35.5 Å². The first-order valence-corrected chi connectivity index (χ1v) is 18.2. The fourth-order valence-electron chi connectivity index (χ4n) is 6.16. The summed E-state index contributed by atoms with van der Waals surface area (Å²) in [6.07, 6.45) is 0.637. The third-order valence-corrected chi connectivity index (χ3v) is 11.0. The minimum absolute atomic E-state index is 0.0124. The summed E-state index contributed by atoms with van der Waals surface area (Å²) < 4.78 is 47.1. The van der Waals surface area contributed by atoms with Crippen LogP contribution in [0.5, 0.6) is 5.88 Å². The van der Waals surface area contributed by atoms with Gasteiger partial charge in [-0.1, -0.05) is 64.4 Å². The smallest absolute Gasteiger partial charge is 0.407 e. The first-order valence-electron chi connectivity index (χ1n) is 16.7. The Morgan fingerprint density at radius 2 is 1.96 bits per heavy atom. The first kappa shape index (κ1) is 35.8. The van der Waals surface area contributed by atoms with E-state index < -0.39 is 34.4 Å². The number of carbonyl (C=O) groups is 1. The number of hydrogen-bond acceptors (Lipinski definition) is 9. The number of aromatic amines is 1. The third-order valence-electron chi connectivity index (χ3n) is 9.08. The lowest BCUT2D eigenvalue weighted by molar-refractivity contribution is -0.0907. The maximum absolute atomic E-state index is 14.6. The average Bonchev–Trinajstić information content (AvgIpc) is 3.77. The number of nitrogens with one attached hydrogen (secondary N) is 2. The molecule has 6 atom stereocenters. The molecule has 6 unspecified atom stereocenters. The van der Waals surface area contributed by atoms with Crippen molar-refractivity contribution in [3.63, 3.8) is 0 Å². The van der Waals surface area contributed by atoms with E-state index in [1.807, 2.05) is 44.2 Å². The van der Waals surface area contributed by atoms with Crippen LogP contribution in [0.1, 0.15) is 51.7 Å². The molecule has 1 amide bonds. The lowest BCUT2D eigenvalue weighted by atomic mass is 10.0. The average molecular weight is 685 g/mol. The summed E-state index contributed by atoms with van der Waals surface area (Å²) in [4.78, 5) is 20.2. The molecule has 48 heavy (non-hydrogen) atoms. The van der Waals surface area contributed by atoms with Crippen molar-refractivity contribution in [1.82, 2.24) is 14.6 Å². The van der Waals surface area contributed by atoms with Crippen molar-refractivity contribution in [3.8, 4) is 5.88 Å². The number of aliphatic hydroxyl groups excluding tert-OH is 1. The zero-order valence-electron chi connectivity index (χ0n) is 28.0. The van der Waals surface area contributed by atoms with Crippen LogP contribution in [0.2, 0.25) is 0 Å². The van der Waals surface area contributed by atoms with Crippen molar-refractivity contribution in [2.45, 2.75) is 76.4 Å². The molecule has 0 aliphatic carbocycles. The van der Waals surface area contributed by atoms with Gasteiger partial charge in [0.15, 0.2) is 12.2 Å². The number of alkyl carbamates (subject to hydrolysis) is 1. The van der Waals surface area contributed by atoms with Crippen LogP contribution < -0.4 is 5.32 Å². The summed E-state index contributed by atoms with van der Waals surface area (Å²) >= 11 is 0. The second kappa shape index (κ2) is 15.8. The number of aromatic nitrogens is 1. The fourth-order valence-corrected chi connectivity index (χ4v) is 8.01.